The largest absolute Gasteiger partial charge is 0.314 e. The predicted octanol–water partition coefficient (Wildman–Crippen LogP) is 18.6. The summed E-state index contributed by atoms with van der Waals surface area (Å²) in [5.74, 6) is 4.28. The molecule has 0 radical (unpaired) electrons. The average molecular weight is 1160 g/mol. The van der Waals surface area contributed by atoms with Gasteiger partial charge < -0.3 is 14.7 Å². The summed E-state index contributed by atoms with van der Waals surface area (Å²) in [5.41, 5.74) is 24.6. The van der Waals surface area contributed by atoms with Crippen LogP contribution in [0.15, 0.2) is 242 Å². The number of rotatable bonds is 8. The monoisotopic (exact) mass is 1160 g/mol. The molecule has 6 unspecified atom stereocenters. The molecule has 2 aliphatic heterocycles. The van der Waals surface area contributed by atoms with Crippen LogP contribution in [-0.4, -0.2) is 6.71 Å². The maximum atomic E-state index is 2.80. The van der Waals surface area contributed by atoms with Gasteiger partial charge in [0.25, 0.3) is 6.71 Å². The molecule has 3 nitrogen and oxygen atoms in total. The molecule has 3 saturated carbocycles. The Morgan fingerprint density at radius 3 is 1.84 bits per heavy atom. The number of hydrogen-bond acceptors (Lipinski definition) is 4. The number of benzene rings is 9. The third kappa shape index (κ3) is 8.72. The summed E-state index contributed by atoms with van der Waals surface area (Å²) in [6.07, 6.45) is 14.4. The second-order valence-electron chi connectivity index (χ2n) is 28.8. The Bertz CT molecular complexity index is 4560. The molecule has 6 atom stereocenters. The summed E-state index contributed by atoms with van der Waals surface area (Å²) >= 11 is 2.02. The Morgan fingerprint density at radius 2 is 1.15 bits per heavy atom. The highest BCUT2D eigenvalue weighted by molar-refractivity contribution is 7.33. The molecular weight excluding hydrogens is 1080 g/mol. The zero-order valence-corrected chi connectivity index (χ0v) is 52.5. The molecule has 3 bridgehead atoms. The van der Waals surface area contributed by atoms with E-state index in [9.17, 15) is 0 Å². The molecule has 0 saturated heterocycles. The molecule has 3 heterocycles. The van der Waals surface area contributed by atoms with Crippen LogP contribution < -0.4 is 40.8 Å². The van der Waals surface area contributed by atoms with E-state index in [-0.39, 0.29) is 23.5 Å². The molecule has 0 N–H and O–H groups in total. The Morgan fingerprint density at radius 1 is 0.511 bits per heavy atom. The van der Waals surface area contributed by atoms with Crippen LogP contribution in [0.4, 0.5) is 45.5 Å². The number of thiophene rings is 1. The fraction of sp³-hybridized carbons (Fsp3) is 0.253. The van der Waals surface area contributed by atoms with E-state index in [1.54, 1.807) is 5.56 Å². The lowest BCUT2D eigenvalue weighted by Crippen LogP contribution is -2.61. The zero-order chi connectivity index (χ0) is 59.2. The standard InChI is InChI=1S/C83H76BN3S/c1-82(2,3)58-34-42-76-71(47-58)80-81(88-76)84-72-41-38-64(85(60-25-15-9-16-26-60)61-27-17-10-18-28-61)51-73(72)86(62-35-32-54(33-36-62)69-46-53-43-52-31-39-65(69)57(44-52)45-53)74-48-59(83(4,5)6)49-75(79(74)84)87(80)63-37-40-68-70(50-63)78(56-23-13-8-14-24-56)67-30-20-19-29-66(67)77(68)55-21-11-7-12-22-55/h7-30,32-38,40-42,47-49,51-53,57,65,69-70H,31,39,43-46,50H2,1-6H3. The number of para-hydroxylation sites is 2. The highest BCUT2D eigenvalue weighted by atomic mass is 32.1. The summed E-state index contributed by atoms with van der Waals surface area (Å²) in [7, 11) is 0. The van der Waals surface area contributed by atoms with Crippen LogP contribution in [0.25, 0.3) is 21.2 Å². The van der Waals surface area contributed by atoms with E-state index in [0.29, 0.717) is 5.92 Å². The van der Waals surface area contributed by atoms with E-state index in [1.807, 2.05) is 11.3 Å². The maximum Gasteiger partial charge on any atom is 0.264 e. The van der Waals surface area contributed by atoms with E-state index in [0.717, 1.165) is 47.2 Å². The SMILES string of the molecule is CC(C)(C)c1cc2c3c(c1)N(c1ccc(C4CC5CC6CCC4C(C6)C5)cc1)c1cc(N(c4ccccc4)c4ccccc4)ccc1B3c1sc3ccc(C(C)(C)C)cc3c1N2C1=CC=C2C(c3ccccc3)=c3ccccc3=C(c3ccccc3)C2C1. The van der Waals surface area contributed by atoms with Crippen LogP contribution in [0.5, 0.6) is 0 Å². The van der Waals surface area contributed by atoms with Crippen molar-refractivity contribution in [1.82, 2.24) is 0 Å². The van der Waals surface area contributed by atoms with Crippen LogP contribution in [0.2, 0.25) is 0 Å². The van der Waals surface area contributed by atoms with Crippen molar-refractivity contribution in [1.29, 1.82) is 0 Å². The number of fused-ring (bicyclic) bond motifs is 10. The van der Waals surface area contributed by atoms with Gasteiger partial charge in [0.2, 0.25) is 0 Å². The van der Waals surface area contributed by atoms with E-state index in [2.05, 4.69) is 287 Å². The van der Waals surface area contributed by atoms with E-state index >= 15 is 0 Å². The highest BCUT2D eigenvalue weighted by Crippen LogP contribution is 2.58. The fourth-order valence-electron chi connectivity index (χ4n) is 17.6. The smallest absolute Gasteiger partial charge is 0.264 e. The zero-order valence-electron chi connectivity index (χ0n) is 51.7. The molecule has 1 aromatic heterocycles. The van der Waals surface area contributed by atoms with Crippen LogP contribution in [-0.2, 0) is 10.8 Å². The molecule has 0 spiro atoms. The van der Waals surface area contributed by atoms with Crippen molar-refractivity contribution in [2.75, 3.05) is 14.7 Å². The maximum absolute atomic E-state index is 2.80. The Hall–Kier alpha value is -8.38. The molecule has 7 aliphatic rings. The van der Waals surface area contributed by atoms with Gasteiger partial charge in [-0.2, -0.15) is 0 Å². The lowest BCUT2D eigenvalue weighted by molar-refractivity contribution is 0.0152. The lowest BCUT2D eigenvalue weighted by Gasteiger charge is -2.52. The van der Waals surface area contributed by atoms with Crippen LogP contribution in [0, 0.1) is 29.6 Å². The first kappa shape index (κ1) is 53.8. The minimum absolute atomic E-state index is 0.0275. The van der Waals surface area contributed by atoms with E-state index in [1.165, 1.54) is 148 Å². The number of hydrogen-bond donors (Lipinski definition) is 0. The molecule has 0 amide bonds. The van der Waals surface area contributed by atoms with Crippen molar-refractivity contribution in [2.24, 2.45) is 29.6 Å². The number of anilines is 8. The van der Waals surface area contributed by atoms with Gasteiger partial charge >= 0.3 is 0 Å². The molecule has 17 rings (SSSR count). The van der Waals surface area contributed by atoms with Gasteiger partial charge in [-0.1, -0.05) is 200 Å². The van der Waals surface area contributed by atoms with Gasteiger partial charge in [-0.25, -0.2) is 0 Å². The molecule has 3 fully saturated rings. The summed E-state index contributed by atoms with van der Waals surface area (Å²) in [5, 5.41) is 3.97. The first-order valence-corrected chi connectivity index (χ1v) is 33.6. The molecular formula is C83H76BN3S. The minimum atomic E-state index is -0.175. The van der Waals surface area contributed by atoms with Crippen molar-refractivity contribution >= 4 is 100 Å². The van der Waals surface area contributed by atoms with Crippen molar-refractivity contribution in [3.05, 3.63) is 280 Å². The first-order chi connectivity index (χ1) is 42.9. The second kappa shape index (κ2) is 20.6. The van der Waals surface area contributed by atoms with Crippen LogP contribution in [0.1, 0.15) is 120 Å². The topological polar surface area (TPSA) is 9.72 Å². The van der Waals surface area contributed by atoms with Gasteiger partial charge in [0.1, 0.15) is 0 Å². The van der Waals surface area contributed by atoms with Crippen molar-refractivity contribution in [3.63, 3.8) is 0 Å². The normalized spacial score (nSPS) is 21.5. The summed E-state index contributed by atoms with van der Waals surface area (Å²) in [6, 6.07) is 83.9. The summed E-state index contributed by atoms with van der Waals surface area (Å²) in [4.78, 5) is 7.95. The molecule has 10 aromatic rings. The third-order valence-electron chi connectivity index (χ3n) is 21.6. The first-order valence-electron chi connectivity index (χ1n) is 32.7. The lowest BCUT2D eigenvalue weighted by atomic mass is 9.36. The van der Waals surface area contributed by atoms with Gasteiger partial charge in [0.05, 0.1) is 5.69 Å². The minimum Gasteiger partial charge on any atom is -0.314 e. The molecule has 88 heavy (non-hydrogen) atoms. The van der Waals surface area contributed by atoms with Gasteiger partial charge in [0.15, 0.2) is 0 Å². The average Bonchev–Trinajstić information content (AvgIpc) is 1.26. The molecule has 5 aliphatic carbocycles. The Balaban J connectivity index is 0.924. The van der Waals surface area contributed by atoms with Gasteiger partial charge in [-0.15, -0.1) is 11.3 Å². The predicted molar refractivity (Wildman–Crippen MR) is 374 cm³/mol. The van der Waals surface area contributed by atoms with Crippen LogP contribution >= 0.6 is 11.3 Å². The van der Waals surface area contributed by atoms with Crippen molar-refractivity contribution < 1.29 is 0 Å². The second-order valence-corrected chi connectivity index (χ2v) is 29.9. The highest BCUT2D eigenvalue weighted by Gasteiger charge is 2.49. The Labute approximate surface area is 524 Å². The van der Waals surface area contributed by atoms with E-state index in [4.69, 9.17) is 0 Å². The molecule has 5 heteroatoms. The van der Waals surface area contributed by atoms with E-state index < -0.39 is 0 Å². The van der Waals surface area contributed by atoms with Crippen molar-refractivity contribution in [2.45, 2.75) is 103 Å². The summed E-state index contributed by atoms with van der Waals surface area (Å²) in [6.45, 7) is 14.3. The summed E-state index contributed by atoms with van der Waals surface area (Å²) < 4.78 is 2.75. The fourth-order valence-corrected chi connectivity index (χ4v) is 18.9. The van der Waals surface area contributed by atoms with Gasteiger partial charge in [-0.05, 0) is 224 Å². The van der Waals surface area contributed by atoms with Crippen LogP contribution in [0.3, 0.4) is 0 Å². The quantitative estimate of drug-likeness (QED) is 0.140. The molecule has 9 aromatic carbocycles. The number of nitrogens with zero attached hydrogens (tertiary/aromatic N) is 3. The number of allylic oxidation sites excluding steroid dienone is 4. The molecule has 432 valence electrons. The van der Waals surface area contributed by atoms with Crippen molar-refractivity contribution in [3.8, 4) is 0 Å². The third-order valence-corrected chi connectivity index (χ3v) is 22.8. The van der Waals surface area contributed by atoms with Gasteiger partial charge in [0, 0.05) is 66.3 Å². The van der Waals surface area contributed by atoms with Gasteiger partial charge in [-0.3, -0.25) is 0 Å². The Kier molecular flexibility index (Phi) is 12.6.